The van der Waals surface area contributed by atoms with E-state index >= 15 is 0 Å². The molecular weight excluding hydrogens is 235 g/mol. The summed E-state index contributed by atoms with van der Waals surface area (Å²) in [6.07, 6.45) is 0. The number of hydrogen-bond acceptors (Lipinski definition) is 1. The SMILES string of the molecule is c1ccc2c(c1)Oc1ccccc1[AsH]2. The summed E-state index contributed by atoms with van der Waals surface area (Å²) in [6.45, 7) is 0. The van der Waals surface area contributed by atoms with E-state index in [0.29, 0.717) is 0 Å². The van der Waals surface area contributed by atoms with Crippen LogP contribution in [-0.2, 0) is 0 Å². The van der Waals surface area contributed by atoms with Crippen molar-refractivity contribution in [2.75, 3.05) is 0 Å². The predicted molar refractivity (Wildman–Crippen MR) is 59.4 cm³/mol. The second kappa shape index (κ2) is 3.18. The van der Waals surface area contributed by atoms with Gasteiger partial charge in [0.2, 0.25) is 0 Å². The maximum atomic E-state index is 5.81. The molecule has 2 aromatic rings. The van der Waals surface area contributed by atoms with Crippen molar-refractivity contribution in [3.8, 4) is 11.5 Å². The van der Waals surface area contributed by atoms with E-state index in [1.807, 2.05) is 12.1 Å². The zero-order valence-corrected chi connectivity index (χ0v) is 9.63. The molecule has 68 valence electrons. The van der Waals surface area contributed by atoms with Gasteiger partial charge in [-0.3, -0.25) is 0 Å². The van der Waals surface area contributed by atoms with Crippen LogP contribution in [0.3, 0.4) is 0 Å². The van der Waals surface area contributed by atoms with Gasteiger partial charge in [-0.1, -0.05) is 0 Å². The minimum absolute atomic E-state index is 0.190. The maximum absolute atomic E-state index is 5.81. The second-order valence-corrected chi connectivity index (χ2v) is 6.00. The Morgan fingerprint density at radius 1 is 0.714 bits per heavy atom. The van der Waals surface area contributed by atoms with Crippen LogP contribution in [-0.4, -0.2) is 15.8 Å². The number of ether oxygens (including phenoxy) is 1. The molecule has 0 saturated heterocycles. The summed E-state index contributed by atoms with van der Waals surface area (Å²) >= 11 is -0.190. The van der Waals surface area contributed by atoms with E-state index in [2.05, 4.69) is 36.4 Å². The zero-order valence-electron chi connectivity index (χ0n) is 7.53. The molecule has 0 saturated carbocycles. The molecule has 1 aliphatic rings. The molecule has 0 radical (unpaired) electrons. The Morgan fingerprint density at radius 2 is 1.21 bits per heavy atom. The van der Waals surface area contributed by atoms with Crippen LogP contribution in [0.5, 0.6) is 11.5 Å². The Balaban J connectivity index is 2.12. The van der Waals surface area contributed by atoms with E-state index in [1.54, 1.807) is 0 Å². The van der Waals surface area contributed by atoms with E-state index in [-0.39, 0.29) is 15.8 Å². The van der Waals surface area contributed by atoms with Crippen LogP contribution < -0.4 is 13.4 Å². The Morgan fingerprint density at radius 3 is 1.79 bits per heavy atom. The molecule has 14 heavy (non-hydrogen) atoms. The van der Waals surface area contributed by atoms with Crippen molar-refractivity contribution in [2.45, 2.75) is 0 Å². The van der Waals surface area contributed by atoms with E-state index in [9.17, 15) is 0 Å². The summed E-state index contributed by atoms with van der Waals surface area (Å²) in [4.78, 5) is 0. The molecule has 0 unspecified atom stereocenters. The summed E-state index contributed by atoms with van der Waals surface area (Å²) < 4.78 is 8.60. The van der Waals surface area contributed by atoms with Gasteiger partial charge in [-0.15, -0.1) is 0 Å². The normalized spacial score (nSPS) is 12.6. The molecule has 1 aliphatic heterocycles. The second-order valence-electron chi connectivity index (χ2n) is 3.22. The Kier molecular flexibility index (Phi) is 1.85. The number of hydrogen-bond donors (Lipinski definition) is 0. The number of rotatable bonds is 0. The van der Waals surface area contributed by atoms with Crippen molar-refractivity contribution in [1.29, 1.82) is 0 Å². The van der Waals surface area contributed by atoms with Crippen molar-refractivity contribution in [3.05, 3.63) is 48.5 Å². The quantitative estimate of drug-likeness (QED) is 0.539. The van der Waals surface area contributed by atoms with Gasteiger partial charge in [-0.25, -0.2) is 0 Å². The van der Waals surface area contributed by atoms with Gasteiger partial charge in [0.1, 0.15) is 0 Å². The van der Waals surface area contributed by atoms with Gasteiger partial charge in [-0.2, -0.15) is 0 Å². The van der Waals surface area contributed by atoms with Crippen LogP contribution >= 0.6 is 0 Å². The Bertz CT molecular complexity index is 392. The fraction of sp³-hybridized carbons (Fsp3) is 0. The molecule has 1 heterocycles. The topological polar surface area (TPSA) is 9.23 Å². The van der Waals surface area contributed by atoms with Crippen molar-refractivity contribution in [3.63, 3.8) is 0 Å². The first-order valence-corrected chi connectivity index (χ1v) is 6.66. The van der Waals surface area contributed by atoms with Gasteiger partial charge < -0.3 is 0 Å². The van der Waals surface area contributed by atoms with Crippen molar-refractivity contribution >= 4 is 24.5 Å². The van der Waals surface area contributed by atoms with Crippen LogP contribution in [0.1, 0.15) is 0 Å². The first-order valence-electron chi connectivity index (χ1n) is 4.56. The fourth-order valence-corrected chi connectivity index (χ4v) is 4.02. The average molecular weight is 244 g/mol. The van der Waals surface area contributed by atoms with Gasteiger partial charge in [0.15, 0.2) is 0 Å². The summed E-state index contributed by atoms with van der Waals surface area (Å²) in [5.74, 6) is 2.09. The van der Waals surface area contributed by atoms with Crippen LogP contribution in [0.15, 0.2) is 48.5 Å². The summed E-state index contributed by atoms with van der Waals surface area (Å²) in [6, 6.07) is 16.7. The van der Waals surface area contributed by atoms with Gasteiger partial charge in [0, 0.05) is 0 Å². The molecule has 2 aromatic carbocycles. The predicted octanol–water partition coefficient (Wildman–Crippen LogP) is 1.18. The molecule has 0 aromatic heterocycles. The van der Waals surface area contributed by atoms with Crippen LogP contribution in [0.2, 0.25) is 0 Å². The van der Waals surface area contributed by atoms with Crippen molar-refractivity contribution in [1.82, 2.24) is 0 Å². The van der Waals surface area contributed by atoms with Gasteiger partial charge >= 0.3 is 89.2 Å². The van der Waals surface area contributed by atoms with E-state index in [0.717, 1.165) is 11.5 Å². The third-order valence-corrected chi connectivity index (χ3v) is 5.13. The van der Waals surface area contributed by atoms with Crippen molar-refractivity contribution < 1.29 is 4.74 Å². The molecule has 3 rings (SSSR count). The molecule has 0 amide bonds. The molecule has 0 bridgehead atoms. The molecule has 1 nitrogen and oxygen atoms in total. The van der Waals surface area contributed by atoms with E-state index in [4.69, 9.17) is 4.74 Å². The third kappa shape index (κ3) is 1.25. The number of benzene rings is 2. The summed E-state index contributed by atoms with van der Waals surface area (Å²) in [7, 11) is 0. The molecule has 0 spiro atoms. The van der Waals surface area contributed by atoms with Gasteiger partial charge in [-0.05, 0) is 0 Å². The van der Waals surface area contributed by atoms with Gasteiger partial charge in [0.05, 0.1) is 0 Å². The average Bonchev–Trinajstić information content (AvgIpc) is 2.26. The molecule has 0 N–H and O–H groups in total. The first-order chi connectivity index (χ1) is 6.93. The van der Waals surface area contributed by atoms with E-state index in [1.165, 1.54) is 8.70 Å². The van der Waals surface area contributed by atoms with Crippen LogP contribution in [0, 0.1) is 0 Å². The summed E-state index contributed by atoms with van der Waals surface area (Å²) in [5, 5.41) is 0. The van der Waals surface area contributed by atoms with Crippen LogP contribution in [0.25, 0.3) is 0 Å². The summed E-state index contributed by atoms with van der Waals surface area (Å²) in [5.41, 5.74) is 0. The molecule has 0 fully saturated rings. The van der Waals surface area contributed by atoms with Gasteiger partial charge in [0.25, 0.3) is 0 Å². The fourth-order valence-electron chi connectivity index (χ4n) is 1.58. The molecular formula is C12H9AsO. The molecule has 2 heteroatoms. The number of para-hydroxylation sites is 2. The van der Waals surface area contributed by atoms with E-state index < -0.39 is 0 Å². The molecule has 0 aliphatic carbocycles. The first kappa shape index (κ1) is 8.14. The Labute approximate surface area is 89.4 Å². The monoisotopic (exact) mass is 244 g/mol. The van der Waals surface area contributed by atoms with Crippen molar-refractivity contribution in [2.24, 2.45) is 0 Å². The zero-order chi connectivity index (χ0) is 9.38. The minimum atomic E-state index is -0.190. The Hall–Kier alpha value is -1.20. The van der Waals surface area contributed by atoms with Crippen LogP contribution in [0.4, 0.5) is 0 Å². The number of fused-ring (bicyclic) bond motifs is 2. The standard InChI is InChI=1S/C12H9AsO/c1-3-7-11-9(5-1)13-10-6-2-4-8-12(10)14-11/h1-8,13H. The third-order valence-electron chi connectivity index (χ3n) is 2.26. The molecule has 0 atom stereocenters.